The lowest BCUT2D eigenvalue weighted by Gasteiger charge is -2.01. The van der Waals surface area contributed by atoms with Crippen molar-refractivity contribution in [2.75, 3.05) is 0 Å². The van der Waals surface area contributed by atoms with E-state index in [1.165, 1.54) is 0 Å². The summed E-state index contributed by atoms with van der Waals surface area (Å²) in [7, 11) is -3.68. The Morgan fingerprint density at radius 1 is 1.16 bits per heavy atom. The van der Waals surface area contributed by atoms with Crippen molar-refractivity contribution in [2.24, 2.45) is 0 Å². The molecule has 2 rings (SSSR count). The van der Waals surface area contributed by atoms with Crippen LogP contribution in [0.15, 0.2) is 50.4 Å². The number of rotatable bonds is 4. The van der Waals surface area contributed by atoms with Crippen molar-refractivity contribution in [3.63, 3.8) is 0 Å². The summed E-state index contributed by atoms with van der Waals surface area (Å²) in [5.74, 6) is -1.94. The highest BCUT2D eigenvalue weighted by Crippen LogP contribution is 2.20. The first-order valence-corrected chi connectivity index (χ1v) is 7.63. The molecule has 1 heterocycles. The van der Waals surface area contributed by atoms with E-state index in [0.717, 1.165) is 16.6 Å². The Labute approximate surface area is 117 Å². The molecule has 0 aliphatic carbocycles. The van der Waals surface area contributed by atoms with Crippen LogP contribution < -0.4 is 0 Å². The van der Waals surface area contributed by atoms with E-state index in [1.54, 1.807) is 24.3 Å². The topological polar surface area (TPSA) is 84.6 Å². The molecule has 100 valence electrons. The van der Waals surface area contributed by atoms with Gasteiger partial charge in [0.05, 0.1) is 5.75 Å². The van der Waals surface area contributed by atoms with E-state index in [-0.39, 0.29) is 10.8 Å². The zero-order valence-corrected chi connectivity index (χ0v) is 11.9. The molecule has 0 radical (unpaired) electrons. The molecule has 19 heavy (non-hydrogen) atoms. The molecule has 0 atom stereocenters. The number of halogens is 1. The van der Waals surface area contributed by atoms with Crippen LogP contribution in [0.2, 0.25) is 0 Å². The van der Waals surface area contributed by atoms with Crippen molar-refractivity contribution in [2.45, 2.75) is 10.8 Å². The Balaban J connectivity index is 2.26. The van der Waals surface area contributed by atoms with Crippen LogP contribution in [0.25, 0.3) is 0 Å². The summed E-state index contributed by atoms with van der Waals surface area (Å²) in [6, 6.07) is 9.07. The van der Waals surface area contributed by atoms with Gasteiger partial charge in [-0.2, -0.15) is 0 Å². The molecule has 1 aromatic heterocycles. The lowest BCUT2D eigenvalue weighted by molar-refractivity contribution is 0.0656. The third-order valence-electron chi connectivity index (χ3n) is 2.37. The van der Waals surface area contributed by atoms with Crippen molar-refractivity contribution in [3.8, 4) is 0 Å². The Kier molecular flexibility index (Phi) is 3.77. The van der Waals surface area contributed by atoms with Gasteiger partial charge in [-0.05, 0) is 29.8 Å². The lowest BCUT2D eigenvalue weighted by atomic mass is 10.2. The van der Waals surface area contributed by atoms with Crippen LogP contribution in [0, 0.1) is 0 Å². The van der Waals surface area contributed by atoms with Crippen LogP contribution in [0.3, 0.4) is 0 Å². The second-order valence-electron chi connectivity index (χ2n) is 3.81. The molecule has 0 bridgehead atoms. The van der Waals surface area contributed by atoms with Crippen molar-refractivity contribution in [1.82, 2.24) is 0 Å². The minimum Gasteiger partial charge on any atom is -0.475 e. The van der Waals surface area contributed by atoms with Gasteiger partial charge in [0.2, 0.25) is 20.7 Å². The van der Waals surface area contributed by atoms with Crippen molar-refractivity contribution in [3.05, 3.63) is 52.2 Å². The molecule has 7 heteroatoms. The third kappa shape index (κ3) is 3.24. The highest BCUT2D eigenvalue weighted by atomic mass is 79.9. The number of carboxylic acid groups (broad SMARTS) is 1. The molecular weight excluding hydrogens is 336 g/mol. The van der Waals surface area contributed by atoms with Crippen LogP contribution in [-0.4, -0.2) is 19.5 Å². The maximum absolute atomic E-state index is 12.0. The Morgan fingerprint density at radius 3 is 2.32 bits per heavy atom. The molecular formula is C12H9BrO5S. The van der Waals surface area contributed by atoms with Gasteiger partial charge in [-0.25, -0.2) is 13.2 Å². The number of hydrogen-bond acceptors (Lipinski definition) is 4. The minimum atomic E-state index is -3.68. The van der Waals surface area contributed by atoms with E-state index >= 15 is 0 Å². The summed E-state index contributed by atoms with van der Waals surface area (Å²) in [5.41, 5.74) is 0.594. The highest BCUT2D eigenvalue weighted by Gasteiger charge is 2.21. The molecule has 0 spiro atoms. The fourth-order valence-electron chi connectivity index (χ4n) is 1.47. The molecule has 5 nitrogen and oxygen atoms in total. The minimum absolute atomic E-state index is 0.243. The van der Waals surface area contributed by atoms with E-state index in [0.29, 0.717) is 5.56 Å². The fraction of sp³-hybridized carbons (Fsp3) is 0.0833. The van der Waals surface area contributed by atoms with Gasteiger partial charge in [0.1, 0.15) is 0 Å². The molecule has 1 N–H and O–H groups in total. The number of carboxylic acids is 1. The van der Waals surface area contributed by atoms with Gasteiger partial charge < -0.3 is 9.52 Å². The second-order valence-corrected chi connectivity index (χ2v) is 6.65. The van der Waals surface area contributed by atoms with E-state index in [1.807, 2.05) is 0 Å². The SMILES string of the molecule is O=C(O)c1ccc(S(=O)(=O)Cc2ccc(Br)cc2)o1. The van der Waals surface area contributed by atoms with Gasteiger partial charge in [-0.15, -0.1) is 0 Å². The summed E-state index contributed by atoms with van der Waals surface area (Å²) in [4.78, 5) is 10.6. The second kappa shape index (κ2) is 5.18. The number of furan rings is 1. The fourth-order valence-corrected chi connectivity index (χ4v) is 3.00. The quantitative estimate of drug-likeness (QED) is 0.921. The van der Waals surface area contributed by atoms with Gasteiger partial charge in [0.25, 0.3) is 0 Å². The third-order valence-corrected chi connectivity index (χ3v) is 4.44. The van der Waals surface area contributed by atoms with Gasteiger partial charge in [0, 0.05) is 4.47 Å². The highest BCUT2D eigenvalue weighted by molar-refractivity contribution is 9.10. The largest absolute Gasteiger partial charge is 0.475 e. The van der Waals surface area contributed by atoms with E-state index in [2.05, 4.69) is 15.9 Å². The van der Waals surface area contributed by atoms with Crippen LogP contribution in [-0.2, 0) is 15.6 Å². The van der Waals surface area contributed by atoms with Gasteiger partial charge in [-0.1, -0.05) is 28.1 Å². The van der Waals surface area contributed by atoms with Crippen molar-refractivity contribution < 1.29 is 22.7 Å². The normalized spacial score (nSPS) is 11.4. The smallest absolute Gasteiger partial charge is 0.371 e. The average Bonchev–Trinajstić information content (AvgIpc) is 2.82. The van der Waals surface area contributed by atoms with Gasteiger partial charge >= 0.3 is 5.97 Å². The number of sulfone groups is 1. The molecule has 0 unspecified atom stereocenters. The van der Waals surface area contributed by atoms with E-state index in [4.69, 9.17) is 9.52 Å². The number of benzene rings is 1. The first-order chi connectivity index (χ1) is 8.88. The zero-order valence-electron chi connectivity index (χ0n) is 9.54. The summed E-state index contributed by atoms with van der Waals surface area (Å²) in [6.45, 7) is 0. The summed E-state index contributed by atoms with van der Waals surface area (Å²) >= 11 is 3.26. The number of aromatic carboxylic acids is 1. The Hall–Kier alpha value is -1.60. The monoisotopic (exact) mass is 344 g/mol. The standard InChI is InChI=1S/C12H9BrO5S/c13-9-3-1-8(2-4-9)7-19(16,17)11-6-5-10(18-11)12(14)15/h1-6H,7H2,(H,14,15). The van der Waals surface area contributed by atoms with E-state index in [9.17, 15) is 13.2 Å². The maximum atomic E-state index is 12.0. The molecule has 0 aliphatic rings. The molecule has 0 saturated carbocycles. The van der Waals surface area contributed by atoms with Gasteiger partial charge in [0.15, 0.2) is 0 Å². The predicted molar refractivity (Wildman–Crippen MR) is 70.7 cm³/mol. The number of hydrogen-bond donors (Lipinski definition) is 1. The van der Waals surface area contributed by atoms with Crippen LogP contribution in [0.1, 0.15) is 16.1 Å². The Morgan fingerprint density at radius 2 is 1.79 bits per heavy atom. The Bertz CT molecular complexity index is 700. The van der Waals surface area contributed by atoms with Crippen molar-refractivity contribution >= 4 is 31.7 Å². The first-order valence-electron chi connectivity index (χ1n) is 5.19. The summed E-state index contributed by atoms with van der Waals surface area (Å²) in [6.07, 6.45) is 0. The van der Waals surface area contributed by atoms with Crippen molar-refractivity contribution in [1.29, 1.82) is 0 Å². The zero-order chi connectivity index (χ0) is 14.0. The van der Waals surface area contributed by atoms with E-state index < -0.39 is 21.6 Å². The molecule has 0 aliphatic heterocycles. The molecule has 0 saturated heterocycles. The number of carbonyl (C=O) groups is 1. The van der Waals surface area contributed by atoms with Crippen LogP contribution >= 0.6 is 15.9 Å². The molecule has 1 aromatic carbocycles. The predicted octanol–water partition coefficient (Wildman–Crippen LogP) is 2.71. The van der Waals surface area contributed by atoms with Crippen LogP contribution in [0.5, 0.6) is 0 Å². The van der Waals surface area contributed by atoms with Crippen LogP contribution in [0.4, 0.5) is 0 Å². The van der Waals surface area contributed by atoms with Gasteiger partial charge in [-0.3, -0.25) is 0 Å². The summed E-state index contributed by atoms with van der Waals surface area (Å²) in [5, 5.41) is 8.35. The molecule has 2 aromatic rings. The lowest BCUT2D eigenvalue weighted by Crippen LogP contribution is -2.04. The first kappa shape index (κ1) is 13.8. The molecule has 0 fully saturated rings. The molecule has 0 amide bonds. The average molecular weight is 345 g/mol. The maximum Gasteiger partial charge on any atom is 0.371 e. The summed E-state index contributed by atoms with van der Waals surface area (Å²) < 4.78 is 29.7.